The molecular formula is C29H39F3NO6PS2. The average Bonchev–Trinajstić information content (AvgIpc) is 2.93. The summed E-state index contributed by atoms with van der Waals surface area (Å²) < 4.78 is 70.3. The molecule has 0 aromatic heterocycles. The number of benzene rings is 2. The van der Waals surface area contributed by atoms with E-state index in [9.17, 15) is 27.3 Å². The number of aryl methyl sites for hydroxylation is 2. The van der Waals surface area contributed by atoms with E-state index in [0.29, 0.717) is 40.3 Å². The van der Waals surface area contributed by atoms with Crippen LogP contribution in [0.3, 0.4) is 0 Å². The van der Waals surface area contributed by atoms with Crippen LogP contribution in [0.2, 0.25) is 0 Å². The third-order valence-electron chi connectivity index (χ3n) is 5.93. The second-order valence-corrected chi connectivity index (χ2v) is 13.9. The Hall–Kier alpha value is -1.98. The van der Waals surface area contributed by atoms with Gasteiger partial charge in [0, 0.05) is 33.9 Å². The van der Waals surface area contributed by atoms with Crippen molar-refractivity contribution in [2.24, 2.45) is 0 Å². The van der Waals surface area contributed by atoms with Crippen molar-refractivity contribution in [1.82, 2.24) is 4.90 Å². The summed E-state index contributed by atoms with van der Waals surface area (Å²) in [6, 6.07) is 13.9. The maximum absolute atomic E-state index is 13.8. The predicted molar refractivity (Wildman–Crippen MR) is 160 cm³/mol. The summed E-state index contributed by atoms with van der Waals surface area (Å²) in [5.74, 6) is -3.39. The second-order valence-electron chi connectivity index (χ2n) is 9.90. The van der Waals surface area contributed by atoms with Crippen LogP contribution in [-0.4, -0.2) is 42.4 Å². The van der Waals surface area contributed by atoms with Gasteiger partial charge in [0.1, 0.15) is 12.8 Å². The zero-order chi connectivity index (χ0) is 31.0. The van der Waals surface area contributed by atoms with E-state index in [-0.39, 0.29) is 11.5 Å². The first-order valence-corrected chi connectivity index (χ1v) is 17.1. The number of amides is 1. The van der Waals surface area contributed by atoms with Gasteiger partial charge in [0.15, 0.2) is 0 Å². The van der Waals surface area contributed by atoms with Gasteiger partial charge in [-0.1, -0.05) is 76.1 Å². The molecule has 1 amide bonds. The molecule has 0 atom stereocenters. The molecule has 13 heteroatoms. The highest BCUT2D eigenvalue weighted by Gasteiger charge is 2.46. The minimum absolute atomic E-state index is 0.0128. The molecule has 0 N–H and O–H groups in total. The van der Waals surface area contributed by atoms with Gasteiger partial charge in [-0.05, 0) is 55.7 Å². The Balaban J connectivity index is 2.08. The fourth-order valence-electron chi connectivity index (χ4n) is 3.79. The number of unbranched alkanes of at least 4 members (excludes halogenated alkanes) is 7. The maximum Gasteiger partial charge on any atom is 0.471 e. The van der Waals surface area contributed by atoms with Crippen molar-refractivity contribution < 1.29 is 40.0 Å². The second kappa shape index (κ2) is 18.6. The van der Waals surface area contributed by atoms with Crippen molar-refractivity contribution >= 4 is 43.6 Å². The Morgan fingerprint density at radius 2 is 1.33 bits per heavy atom. The van der Waals surface area contributed by atoms with Crippen LogP contribution in [0.1, 0.15) is 69.4 Å². The van der Waals surface area contributed by atoms with Gasteiger partial charge >= 0.3 is 25.6 Å². The normalized spacial score (nSPS) is 11.9. The molecule has 2 aromatic carbocycles. The highest BCUT2D eigenvalue weighted by Crippen LogP contribution is 2.57. The van der Waals surface area contributed by atoms with Gasteiger partial charge < -0.3 is 9.64 Å². The number of hydrogen-bond donors (Lipinski definition) is 0. The molecule has 42 heavy (non-hydrogen) atoms. The van der Waals surface area contributed by atoms with E-state index in [0.717, 1.165) is 43.2 Å². The number of hydrogen-bond acceptors (Lipinski definition) is 8. The Labute approximate surface area is 255 Å². The molecule has 0 saturated carbocycles. The van der Waals surface area contributed by atoms with Gasteiger partial charge in [-0.3, -0.25) is 14.2 Å². The smallest absolute Gasteiger partial charge is 0.464 e. The van der Waals surface area contributed by atoms with Crippen molar-refractivity contribution in [2.75, 3.05) is 19.4 Å². The number of ether oxygens (including phenoxy) is 1. The molecule has 0 unspecified atom stereocenters. The van der Waals surface area contributed by atoms with Crippen molar-refractivity contribution in [3.8, 4) is 0 Å². The monoisotopic (exact) mass is 649 g/mol. The Morgan fingerprint density at radius 1 is 0.833 bits per heavy atom. The van der Waals surface area contributed by atoms with Crippen LogP contribution < -0.4 is 0 Å². The average molecular weight is 650 g/mol. The van der Waals surface area contributed by atoms with Crippen molar-refractivity contribution in [3.05, 3.63) is 59.7 Å². The highest BCUT2D eigenvalue weighted by atomic mass is 32.2. The molecule has 2 aromatic rings. The lowest BCUT2D eigenvalue weighted by atomic mass is 10.1. The molecule has 0 fully saturated rings. The Morgan fingerprint density at radius 3 is 1.81 bits per heavy atom. The summed E-state index contributed by atoms with van der Waals surface area (Å²) in [7, 11) is -4.45. The van der Waals surface area contributed by atoms with E-state index >= 15 is 0 Å². The van der Waals surface area contributed by atoms with E-state index in [1.807, 2.05) is 26.0 Å². The lowest BCUT2D eigenvalue weighted by Gasteiger charge is -2.26. The van der Waals surface area contributed by atoms with E-state index in [4.69, 9.17) is 12.7 Å². The summed E-state index contributed by atoms with van der Waals surface area (Å²) in [5.41, 5.74) is 1.75. The van der Waals surface area contributed by atoms with Gasteiger partial charge in [-0.2, -0.15) is 13.2 Å². The van der Waals surface area contributed by atoms with Crippen molar-refractivity contribution in [2.45, 2.75) is 88.1 Å². The first-order valence-electron chi connectivity index (χ1n) is 13.9. The third-order valence-corrected chi connectivity index (χ3v) is 9.92. The largest absolute Gasteiger partial charge is 0.471 e. The Kier molecular flexibility index (Phi) is 16.1. The molecule has 0 aliphatic rings. The van der Waals surface area contributed by atoms with Gasteiger partial charge in [-0.25, -0.2) is 7.94 Å². The highest BCUT2D eigenvalue weighted by molar-refractivity contribution is 8.02. The Bertz CT molecular complexity index is 1130. The summed E-state index contributed by atoms with van der Waals surface area (Å²) in [6.45, 7) is 4.76. The number of esters is 1. The first kappa shape index (κ1) is 36.2. The SMILES string of the molecule is CCCCCCCCCCOC(=O)CN(CP(=O)(OSc1cccc(C)c1)OSc1cccc(C)c1)C(=O)C(F)(F)F. The summed E-state index contributed by atoms with van der Waals surface area (Å²) in [5, 5.41) is 0. The predicted octanol–water partition coefficient (Wildman–Crippen LogP) is 9.28. The molecular weight excluding hydrogens is 610 g/mol. The molecule has 0 radical (unpaired) electrons. The van der Waals surface area contributed by atoms with Gasteiger partial charge in [0.2, 0.25) is 0 Å². The number of halogens is 3. The van der Waals surface area contributed by atoms with Gasteiger partial charge in [0.25, 0.3) is 0 Å². The van der Waals surface area contributed by atoms with Crippen LogP contribution in [0.25, 0.3) is 0 Å². The number of nitrogens with zero attached hydrogens (tertiary/aromatic N) is 1. The van der Waals surface area contributed by atoms with Crippen molar-refractivity contribution in [1.29, 1.82) is 0 Å². The minimum Gasteiger partial charge on any atom is -0.464 e. The topological polar surface area (TPSA) is 82.1 Å². The van der Waals surface area contributed by atoms with Gasteiger partial charge in [0.05, 0.1) is 6.61 Å². The first-order chi connectivity index (χ1) is 19.9. The molecule has 2 rings (SSSR count). The van der Waals surface area contributed by atoms with Gasteiger partial charge in [-0.15, -0.1) is 0 Å². The fourth-order valence-corrected chi connectivity index (χ4v) is 7.47. The number of carbonyl (C=O) groups is 2. The fraction of sp³-hybridized carbons (Fsp3) is 0.517. The molecule has 0 aliphatic carbocycles. The van der Waals surface area contributed by atoms with Crippen LogP contribution >= 0.6 is 31.7 Å². The molecule has 0 bridgehead atoms. The van der Waals surface area contributed by atoms with Crippen molar-refractivity contribution in [3.63, 3.8) is 0 Å². The third kappa shape index (κ3) is 14.5. The molecule has 0 spiro atoms. The van der Waals surface area contributed by atoms with E-state index in [1.54, 1.807) is 36.4 Å². The molecule has 234 valence electrons. The molecule has 0 heterocycles. The van der Waals surface area contributed by atoms with Crippen LogP contribution in [0.4, 0.5) is 13.2 Å². The van der Waals surface area contributed by atoms with E-state index in [2.05, 4.69) is 6.92 Å². The molecule has 7 nitrogen and oxygen atoms in total. The zero-order valence-electron chi connectivity index (χ0n) is 24.2. The number of alkyl halides is 3. The van der Waals surface area contributed by atoms with E-state index < -0.39 is 38.5 Å². The molecule has 0 aliphatic heterocycles. The number of carbonyl (C=O) groups excluding carboxylic acids is 2. The number of rotatable bonds is 19. The summed E-state index contributed by atoms with van der Waals surface area (Å²) in [4.78, 5) is 25.9. The quantitative estimate of drug-likeness (QED) is 0.0645. The zero-order valence-corrected chi connectivity index (χ0v) is 26.7. The lowest BCUT2D eigenvalue weighted by Crippen LogP contribution is -2.44. The minimum atomic E-state index is -5.32. The summed E-state index contributed by atoms with van der Waals surface area (Å²) in [6.07, 6.45) is 1.64. The van der Waals surface area contributed by atoms with Crippen LogP contribution in [0.15, 0.2) is 58.3 Å². The molecule has 0 saturated heterocycles. The summed E-state index contributed by atoms with van der Waals surface area (Å²) >= 11 is 1.30. The van der Waals surface area contributed by atoms with Crippen LogP contribution in [-0.2, 0) is 26.8 Å². The standard InChI is InChI=1S/C29H39F3NO6PS2/c1-4-5-6-7-8-9-10-11-18-37-27(34)21-33(28(35)29(30,31)32)22-40(36,38-41-25-16-12-14-23(2)19-25)39-42-26-17-13-15-24(3)20-26/h12-17,19-20H,4-11,18,21-22H2,1-3H3. The maximum atomic E-state index is 13.8. The van der Waals surface area contributed by atoms with Crippen LogP contribution in [0.5, 0.6) is 0 Å². The lowest BCUT2D eigenvalue weighted by molar-refractivity contribution is -0.186. The van der Waals surface area contributed by atoms with Crippen LogP contribution in [0, 0.1) is 13.8 Å². The van der Waals surface area contributed by atoms with E-state index in [1.165, 1.54) is 12.8 Å².